The van der Waals surface area contributed by atoms with Crippen LogP contribution in [-0.2, 0) is 14.6 Å². The number of carbonyl (C=O) groups is 1. The maximum absolute atomic E-state index is 11.8. The van der Waals surface area contributed by atoms with Crippen LogP contribution in [0.1, 0.15) is 12.5 Å². The number of carboxylic acids is 1. The van der Waals surface area contributed by atoms with Crippen molar-refractivity contribution >= 4 is 21.5 Å². The Bertz CT molecular complexity index is 604. The van der Waals surface area contributed by atoms with Gasteiger partial charge in [-0.1, -0.05) is 18.2 Å². The molecule has 6 heteroatoms. The average molecular weight is 253 g/mol. The summed E-state index contributed by atoms with van der Waals surface area (Å²) in [6, 6.07) is 5.64. The van der Waals surface area contributed by atoms with Crippen LogP contribution in [-0.4, -0.2) is 25.5 Å². The van der Waals surface area contributed by atoms with Gasteiger partial charge in [0.15, 0.2) is 0 Å². The number of carboxylic acid groups (broad SMARTS) is 1. The van der Waals surface area contributed by atoms with Gasteiger partial charge in [0.2, 0.25) is 9.84 Å². The second kappa shape index (κ2) is 3.89. The Morgan fingerprint density at radius 1 is 1.35 bits per heavy atom. The molecule has 0 radical (unpaired) electrons. The average Bonchev–Trinajstić information content (AvgIpc) is 2.51. The fourth-order valence-corrected chi connectivity index (χ4v) is 3.01. The molecule has 1 aliphatic heterocycles. The van der Waals surface area contributed by atoms with Gasteiger partial charge in [0.05, 0.1) is 16.0 Å². The fraction of sp³-hybridized carbons (Fsp3) is 0.182. The van der Waals surface area contributed by atoms with Gasteiger partial charge >= 0.3 is 5.97 Å². The number of rotatable bonds is 3. The zero-order chi connectivity index (χ0) is 12.6. The van der Waals surface area contributed by atoms with E-state index < -0.39 is 21.8 Å². The Morgan fingerprint density at radius 2 is 2.00 bits per heavy atom. The number of benzene rings is 1. The molecule has 1 atom stereocenters. The van der Waals surface area contributed by atoms with E-state index in [0.29, 0.717) is 11.3 Å². The molecule has 5 nitrogen and oxygen atoms in total. The number of sulfone groups is 1. The summed E-state index contributed by atoms with van der Waals surface area (Å²) in [5, 5.41) is 12.5. The van der Waals surface area contributed by atoms with Gasteiger partial charge in [0, 0.05) is 5.56 Å². The molecule has 0 saturated heterocycles. The third kappa shape index (κ3) is 2.03. The summed E-state index contributed by atoms with van der Waals surface area (Å²) in [6.07, 6.45) is 0. The number of hydrogen-bond acceptors (Lipinski definition) is 4. The minimum absolute atomic E-state index is 0.208. The highest BCUT2D eigenvalue weighted by Gasteiger charge is 2.27. The molecule has 0 amide bonds. The van der Waals surface area contributed by atoms with Crippen LogP contribution in [0, 0.1) is 0 Å². The summed E-state index contributed by atoms with van der Waals surface area (Å²) in [6.45, 7) is 1.46. The lowest BCUT2D eigenvalue weighted by Gasteiger charge is -2.11. The molecule has 90 valence electrons. The maximum atomic E-state index is 11.8. The second-order valence-corrected chi connectivity index (χ2v) is 5.54. The molecular formula is C11H11NO4S. The van der Waals surface area contributed by atoms with E-state index in [1.54, 1.807) is 18.2 Å². The zero-order valence-electron chi connectivity index (χ0n) is 9.04. The summed E-state index contributed by atoms with van der Waals surface area (Å²) in [7, 11) is -3.44. The lowest BCUT2D eigenvalue weighted by Crippen LogP contribution is -2.32. The van der Waals surface area contributed by atoms with Crippen LogP contribution in [0.3, 0.4) is 0 Å². The Balaban J connectivity index is 2.42. The predicted octanol–water partition coefficient (Wildman–Crippen LogP) is 0.835. The highest BCUT2D eigenvalue weighted by atomic mass is 32.2. The largest absolute Gasteiger partial charge is 0.480 e. The molecule has 0 fully saturated rings. The van der Waals surface area contributed by atoms with Crippen LogP contribution in [0.15, 0.2) is 34.6 Å². The van der Waals surface area contributed by atoms with Crippen molar-refractivity contribution in [2.24, 2.45) is 0 Å². The Labute approximate surface area is 98.7 Å². The molecule has 2 N–H and O–H groups in total. The molecular weight excluding hydrogens is 242 g/mol. The molecule has 0 aliphatic carbocycles. The van der Waals surface area contributed by atoms with E-state index in [0.717, 1.165) is 5.41 Å². The summed E-state index contributed by atoms with van der Waals surface area (Å²) in [4.78, 5) is 10.9. The van der Waals surface area contributed by atoms with E-state index >= 15 is 0 Å². The predicted molar refractivity (Wildman–Crippen MR) is 61.8 cm³/mol. The van der Waals surface area contributed by atoms with Crippen molar-refractivity contribution in [1.29, 1.82) is 0 Å². The van der Waals surface area contributed by atoms with E-state index in [4.69, 9.17) is 5.11 Å². The first-order chi connectivity index (χ1) is 7.92. The number of nitrogens with one attached hydrogen (secondary N) is 1. The van der Waals surface area contributed by atoms with Crippen molar-refractivity contribution in [1.82, 2.24) is 5.32 Å². The molecule has 0 unspecified atom stereocenters. The van der Waals surface area contributed by atoms with E-state index in [9.17, 15) is 13.2 Å². The van der Waals surface area contributed by atoms with Crippen molar-refractivity contribution in [2.45, 2.75) is 17.9 Å². The SMILES string of the molecule is C[C@@H](NC1=CS(=O)(=O)c2ccccc21)C(=O)O. The molecule has 1 aromatic rings. The van der Waals surface area contributed by atoms with Gasteiger partial charge in [0.1, 0.15) is 6.04 Å². The van der Waals surface area contributed by atoms with Crippen molar-refractivity contribution in [3.05, 3.63) is 35.2 Å². The van der Waals surface area contributed by atoms with Crippen molar-refractivity contribution in [3.63, 3.8) is 0 Å². The molecule has 2 rings (SSSR count). The van der Waals surface area contributed by atoms with E-state index in [1.807, 2.05) is 0 Å². The number of hydrogen-bond donors (Lipinski definition) is 2. The number of aliphatic carboxylic acids is 1. The van der Waals surface area contributed by atoms with Crippen LogP contribution >= 0.6 is 0 Å². The third-order valence-electron chi connectivity index (χ3n) is 2.50. The van der Waals surface area contributed by atoms with Crippen LogP contribution in [0.4, 0.5) is 0 Å². The first-order valence-electron chi connectivity index (χ1n) is 4.97. The molecule has 0 bridgehead atoms. The van der Waals surface area contributed by atoms with Crippen molar-refractivity contribution in [2.75, 3.05) is 0 Å². The minimum atomic E-state index is -3.44. The van der Waals surface area contributed by atoms with Gasteiger partial charge in [-0.05, 0) is 13.0 Å². The third-order valence-corrected chi connectivity index (χ3v) is 4.01. The smallest absolute Gasteiger partial charge is 0.325 e. The van der Waals surface area contributed by atoms with Crippen LogP contribution < -0.4 is 5.32 Å². The van der Waals surface area contributed by atoms with Crippen LogP contribution in [0.2, 0.25) is 0 Å². The highest BCUT2D eigenvalue weighted by Crippen LogP contribution is 2.31. The first-order valence-corrected chi connectivity index (χ1v) is 6.52. The number of fused-ring (bicyclic) bond motifs is 1. The molecule has 1 aliphatic rings. The van der Waals surface area contributed by atoms with Crippen LogP contribution in [0.5, 0.6) is 0 Å². The lowest BCUT2D eigenvalue weighted by molar-refractivity contribution is -0.138. The highest BCUT2D eigenvalue weighted by molar-refractivity contribution is 7.95. The Kier molecular flexibility index (Phi) is 2.66. The quantitative estimate of drug-likeness (QED) is 0.833. The van der Waals surface area contributed by atoms with E-state index in [2.05, 4.69) is 5.32 Å². The molecule has 1 heterocycles. The van der Waals surface area contributed by atoms with Gasteiger partial charge < -0.3 is 10.4 Å². The molecule has 0 spiro atoms. The first kappa shape index (κ1) is 11.7. The normalized spacial score (nSPS) is 18.1. The minimum Gasteiger partial charge on any atom is -0.480 e. The molecule has 0 saturated carbocycles. The molecule has 17 heavy (non-hydrogen) atoms. The topological polar surface area (TPSA) is 83.5 Å². The van der Waals surface area contributed by atoms with Gasteiger partial charge in [-0.25, -0.2) is 8.42 Å². The van der Waals surface area contributed by atoms with Gasteiger partial charge in [-0.2, -0.15) is 0 Å². The van der Waals surface area contributed by atoms with E-state index in [-0.39, 0.29) is 4.90 Å². The van der Waals surface area contributed by atoms with Crippen molar-refractivity contribution in [3.8, 4) is 0 Å². The summed E-state index contributed by atoms with van der Waals surface area (Å²) >= 11 is 0. The van der Waals surface area contributed by atoms with Gasteiger partial charge in [0.25, 0.3) is 0 Å². The Hall–Kier alpha value is -1.82. The monoisotopic (exact) mass is 253 g/mol. The van der Waals surface area contributed by atoms with Gasteiger partial charge in [-0.15, -0.1) is 0 Å². The second-order valence-electron chi connectivity index (χ2n) is 3.78. The van der Waals surface area contributed by atoms with Crippen LogP contribution in [0.25, 0.3) is 5.70 Å². The summed E-state index contributed by atoms with van der Waals surface area (Å²) in [5.74, 6) is -1.03. The summed E-state index contributed by atoms with van der Waals surface area (Å²) < 4.78 is 23.5. The van der Waals surface area contributed by atoms with E-state index in [1.165, 1.54) is 13.0 Å². The maximum Gasteiger partial charge on any atom is 0.325 e. The van der Waals surface area contributed by atoms with Gasteiger partial charge in [-0.3, -0.25) is 4.79 Å². The lowest BCUT2D eigenvalue weighted by atomic mass is 10.1. The zero-order valence-corrected chi connectivity index (χ0v) is 9.86. The summed E-state index contributed by atoms with van der Waals surface area (Å²) in [5.41, 5.74) is 0.844. The van der Waals surface area contributed by atoms with Crippen molar-refractivity contribution < 1.29 is 18.3 Å². The Morgan fingerprint density at radius 3 is 2.65 bits per heavy atom. The molecule has 1 aromatic carbocycles. The fourth-order valence-electron chi connectivity index (χ4n) is 1.63. The molecule has 0 aromatic heterocycles. The standard InChI is InChI=1S/C11H11NO4S/c1-7(11(13)14)12-9-6-17(15,16)10-5-3-2-4-8(9)10/h2-7,12H,1H3,(H,13,14)/t7-/m1/s1.